The molecule has 0 saturated heterocycles. The number of nitrogens with two attached hydrogens (primary N) is 1. The highest BCUT2D eigenvalue weighted by Crippen LogP contribution is 2.29. The van der Waals surface area contributed by atoms with Crippen LogP contribution in [-0.4, -0.2) is 24.7 Å². The molecule has 3 N–H and O–H groups in total. The van der Waals surface area contributed by atoms with Crippen molar-refractivity contribution >= 4 is 16.6 Å². The van der Waals surface area contributed by atoms with Gasteiger partial charge < -0.3 is 15.8 Å². The van der Waals surface area contributed by atoms with E-state index in [2.05, 4.69) is 24.1 Å². The second-order valence-electron chi connectivity index (χ2n) is 5.60. The van der Waals surface area contributed by atoms with Crippen molar-refractivity contribution in [2.75, 3.05) is 19.0 Å². The zero-order valence-electron chi connectivity index (χ0n) is 13.1. The first-order valence-corrected chi connectivity index (χ1v) is 7.54. The van der Waals surface area contributed by atoms with E-state index in [-0.39, 0.29) is 6.04 Å². The number of pyridine rings is 1. The number of rotatable bonds is 7. The average Bonchev–Trinajstić information content (AvgIpc) is 2.47. The van der Waals surface area contributed by atoms with Crippen molar-refractivity contribution in [1.29, 1.82) is 0 Å². The molecular formula is C17H25N3O. The Bertz CT molecular complexity index is 596. The van der Waals surface area contributed by atoms with E-state index < -0.39 is 0 Å². The van der Waals surface area contributed by atoms with Crippen LogP contribution in [0.25, 0.3) is 10.9 Å². The molecule has 21 heavy (non-hydrogen) atoms. The van der Waals surface area contributed by atoms with Gasteiger partial charge in [0.25, 0.3) is 0 Å². The SMILES string of the molecule is COc1cc(NCCCC[C@@H](C)N)c2nccc(C)c2c1. The summed E-state index contributed by atoms with van der Waals surface area (Å²) in [5.74, 6) is 0.858. The number of ether oxygens (including phenoxy) is 1. The Morgan fingerprint density at radius 1 is 1.33 bits per heavy atom. The van der Waals surface area contributed by atoms with E-state index in [1.165, 1.54) is 5.56 Å². The quantitative estimate of drug-likeness (QED) is 0.765. The Morgan fingerprint density at radius 3 is 2.86 bits per heavy atom. The first-order valence-electron chi connectivity index (χ1n) is 7.54. The molecule has 0 aliphatic heterocycles. The lowest BCUT2D eigenvalue weighted by molar-refractivity contribution is 0.415. The molecule has 0 spiro atoms. The first kappa shape index (κ1) is 15.6. The van der Waals surface area contributed by atoms with Gasteiger partial charge >= 0.3 is 0 Å². The van der Waals surface area contributed by atoms with Crippen LogP contribution in [0.5, 0.6) is 5.75 Å². The minimum absolute atomic E-state index is 0.284. The van der Waals surface area contributed by atoms with Gasteiger partial charge in [0.1, 0.15) is 5.75 Å². The van der Waals surface area contributed by atoms with Crippen LogP contribution in [0.3, 0.4) is 0 Å². The third kappa shape index (κ3) is 4.08. The number of fused-ring (bicyclic) bond motifs is 1. The van der Waals surface area contributed by atoms with Gasteiger partial charge in [-0.3, -0.25) is 4.98 Å². The largest absolute Gasteiger partial charge is 0.497 e. The van der Waals surface area contributed by atoms with Crippen molar-refractivity contribution in [2.45, 2.75) is 39.2 Å². The molecular weight excluding hydrogens is 262 g/mol. The lowest BCUT2D eigenvalue weighted by atomic mass is 10.1. The second kappa shape index (κ2) is 7.27. The van der Waals surface area contributed by atoms with Crippen molar-refractivity contribution < 1.29 is 4.74 Å². The van der Waals surface area contributed by atoms with Gasteiger partial charge in [-0.05, 0) is 44.4 Å². The number of aromatic nitrogens is 1. The lowest BCUT2D eigenvalue weighted by Gasteiger charge is -2.13. The number of unbranched alkanes of at least 4 members (excludes halogenated alkanes) is 1. The number of aryl methyl sites for hydroxylation is 1. The van der Waals surface area contributed by atoms with E-state index >= 15 is 0 Å². The predicted octanol–water partition coefficient (Wildman–Crippen LogP) is 3.48. The fourth-order valence-electron chi connectivity index (χ4n) is 2.43. The topological polar surface area (TPSA) is 60.2 Å². The standard InChI is InChI=1S/C17H25N3O/c1-12-7-9-20-17-15(12)10-14(21-3)11-16(17)19-8-5-4-6-13(2)18/h7,9-11,13,19H,4-6,8,18H2,1-3H3/t13-/m1/s1. The highest BCUT2D eigenvalue weighted by Gasteiger charge is 2.07. The zero-order chi connectivity index (χ0) is 15.2. The van der Waals surface area contributed by atoms with Crippen LogP contribution in [0.1, 0.15) is 31.7 Å². The molecule has 0 aliphatic rings. The summed E-state index contributed by atoms with van der Waals surface area (Å²) in [6.45, 7) is 5.07. The molecule has 0 fully saturated rings. The maximum atomic E-state index is 5.77. The van der Waals surface area contributed by atoms with Crippen molar-refractivity contribution in [3.63, 3.8) is 0 Å². The molecule has 4 nitrogen and oxygen atoms in total. The van der Waals surface area contributed by atoms with Gasteiger partial charge in [-0.1, -0.05) is 6.42 Å². The molecule has 0 radical (unpaired) electrons. The summed E-state index contributed by atoms with van der Waals surface area (Å²) in [5, 5.41) is 4.61. The minimum atomic E-state index is 0.284. The number of hydrogen-bond donors (Lipinski definition) is 2. The Balaban J connectivity index is 2.13. The number of hydrogen-bond acceptors (Lipinski definition) is 4. The summed E-state index contributed by atoms with van der Waals surface area (Å²) in [7, 11) is 1.69. The Hall–Kier alpha value is -1.81. The van der Waals surface area contributed by atoms with Crippen molar-refractivity contribution in [2.24, 2.45) is 5.73 Å². The third-order valence-electron chi connectivity index (χ3n) is 3.67. The molecule has 0 bridgehead atoms. The monoisotopic (exact) mass is 287 g/mol. The van der Waals surface area contributed by atoms with Gasteiger partial charge in [0.05, 0.1) is 18.3 Å². The summed E-state index contributed by atoms with van der Waals surface area (Å²) >= 11 is 0. The van der Waals surface area contributed by atoms with Gasteiger partial charge in [0.2, 0.25) is 0 Å². The number of nitrogens with zero attached hydrogens (tertiary/aromatic N) is 1. The fourth-order valence-corrected chi connectivity index (χ4v) is 2.43. The smallest absolute Gasteiger partial charge is 0.121 e. The highest BCUT2D eigenvalue weighted by atomic mass is 16.5. The number of nitrogens with one attached hydrogen (secondary N) is 1. The molecule has 2 rings (SSSR count). The third-order valence-corrected chi connectivity index (χ3v) is 3.67. The highest BCUT2D eigenvalue weighted by molar-refractivity contribution is 5.93. The predicted molar refractivity (Wildman–Crippen MR) is 89.0 cm³/mol. The molecule has 1 heterocycles. The maximum Gasteiger partial charge on any atom is 0.121 e. The summed E-state index contributed by atoms with van der Waals surface area (Å²) in [4.78, 5) is 4.51. The van der Waals surface area contributed by atoms with E-state index in [9.17, 15) is 0 Å². The normalized spacial score (nSPS) is 12.4. The number of anilines is 1. The van der Waals surface area contributed by atoms with Crippen molar-refractivity contribution in [3.8, 4) is 5.75 Å². The van der Waals surface area contributed by atoms with Crippen LogP contribution in [-0.2, 0) is 0 Å². The Morgan fingerprint density at radius 2 is 2.14 bits per heavy atom. The van der Waals surface area contributed by atoms with E-state index in [4.69, 9.17) is 10.5 Å². The Labute approximate surface area is 126 Å². The first-order chi connectivity index (χ1) is 10.1. The molecule has 1 atom stereocenters. The van der Waals surface area contributed by atoms with E-state index in [0.717, 1.165) is 48.1 Å². The van der Waals surface area contributed by atoms with Crippen LogP contribution < -0.4 is 15.8 Å². The van der Waals surface area contributed by atoms with Gasteiger partial charge in [-0.25, -0.2) is 0 Å². The fraction of sp³-hybridized carbons (Fsp3) is 0.471. The van der Waals surface area contributed by atoms with Gasteiger partial charge in [0.15, 0.2) is 0 Å². The van der Waals surface area contributed by atoms with E-state index in [1.807, 2.05) is 24.4 Å². The van der Waals surface area contributed by atoms with Crippen LogP contribution >= 0.6 is 0 Å². The summed E-state index contributed by atoms with van der Waals surface area (Å²) in [6.07, 6.45) is 5.16. The van der Waals surface area contributed by atoms with Crippen LogP contribution in [0.2, 0.25) is 0 Å². The van der Waals surface area contributed by atoms with E-state index in [0.29, 0.717) is 0 Å². The summed E-state index contributed by atoms with van der Waals surface area (Å²) < 4.78 is 5.39. The molecule has 1 aromatic heterocycles. The number of methoxy groups -OCH3 is 1. The van der Waals surface area contributed by atoms with E-state index in [1.54, 1.807) is 7.11 Å². The second-order valence-corrected chi connectivity index (χ2v) is 5.60. The molecule has 114 valence electrons. The van der Waals surface area contributed by atoms with Crippen molar-refractivity contribution in [1.82, 2.24) is 4.98 Å². The van der Waals surface area contributed by atoms with Crippen molar-refractivity contribution in [3.05, 3.63) is 30.0 Å². The van der Waals surface area contributed by atoms with Gasteiger partial charge in [-0.2, -0.15) is 0 Å². The molecule has 0 saturated carbocycles. The lowest BCUT2D eigenvalue weighted by Crippen LogP contribution is -2.14. The molecule has 0 amide bonds. The zero-order valence-corrected chi connectivity index (χ0v) is 13.1. The molecule has 4 heteroatoms. The molecule has 1 aromatic carbocycles. The number of benzene rings is 1. The molecule has 0 unspecified atom stereocenters. The minimum Gasteiger partial charge on any atom is -0.497 e. The maximum absolute atomic E-state index is 5.77. The summed E-state index contributed by atoms with van der Waals surface area (Å²) in [6, 6.07) is 6.36. The Kier molecular flexibility index (Phi) is 5.39. The van der Waals surface area contributed by atoms with Gasteiger partial charge in [0, 0.05) is 30.2 Å². The summed E-state index contributed by atoms with van der Waals surface area (Å²) in [5.41, 5.74) is 9.01. The molecule has 0 aliphatic carbocycles. The van der Waals surface area contributed by atoms with Crippen LogP contribution in [0.15, 0.2) is 24.4 Å². The average molecular weight is 287 g/mol. The van der Waals surface area contributed by atoms with Crippen LogP contribution in [0, 0.1) is 6.92 Å². The van der Waals surface area contributed by atoms with Crippen LogP contribution in [0.4, 0.5) is 5.69 Å². The van der Waals surface area contributed by atoms with Gasteiger partial charge in [-0.15, -0.1) is 0 Å². The molecule has 2 aromatic rings.